The van der Waals surface area contributed by atoms with Crippen molar-refractivity contribution in [3.8, 4) is 0 Å². The van der Waals surface area contributed by atoms with Gasteiger partial charge in [0.1, 0.15) is 0 Å². The molecule has 0 spiro atoms. The van der Waals surface area contributed by atoms with Gasteiger partial charge >= 0.3 is 141 Å². The van der Waals surface area contributed by atoms with Crippen molar-refractivity contribution >= 4 is 74.6 Å². The Kier molecular flexibility index (Phi) is 5.02. The van der Waals surface area contributed by atoms with E-state index in [1.807, 2.05) is 0 Å². The predicted molar refractivity (Wildman–Crippen MR) is 93.9 cm³/mol. The SMILES string of the molecule is [Se]=[P@@]1(c2ccccc2)C[P@@](=[Se])(c2ccccc2)[Se][Se]1. The van der Waals surface area contributed by atoms with Crippen LogP contribution in [0, 0.1) is 0 Å². The molecule has 1 saturated heterocycles. The molecule has 0 nitrogen and oxygen atoms in total. The molecule has 0 N–H and O–H groups in total. The first-order valence-electron chi connectivity index (χ1n) is 5.80. The second-order valence-corrected chi connectivity index (χ2v) is 43.8. The summed E-state index contributed by atoms with van der Waals surface area (Å²) in [5.41, 5.74) is 0. The third kappa shape index (κ3) is 3.26. The van der Waals surface area contributed by atoms with Crippen molar-refractivity contribution in [2.45, 2.75) is 0 Å². The first kappa shape index (κ1) is 15.3. The van der Waals surface area contributed by atoms with Crippen LogP contribution in [0.15, 0.2) is 60.7 Å². The molecule has 98 valence electrons. The van der Waals surface area contributed by atoms with Crippen LogP contribution in [0.4, 0.5) is 0 Å². The van der Waals surface area contributed by atoms with E-state index in [-0.39, 0.29) is 0 Å². The van der Waals surface area contributed by atoms with Gasteiger partial charge in [-0.15, -0.1) is 0 Å². The molecule has 0 aliphatic carbocycles. The van der Waals surface area contributed by atoms with Crippen molar-refractivity contribution in [1.82, 2.24) is 0 Å². The van der Waals surface area contributed by atoms with Crippen LogP contribution in [0.5, 0.6) is 0 Å². The minimum absolute atomic E-state index is 0.802. The summed E-state index contributed by atoms with van der Waals surface area (Å²) in [7, 11) is 0. The normalized spacial score (nSPS) is 30.3. The zero-order valence-electron chi connectivity index (χ0n) is 10.0. The Morgan fingerprint density at radius 3 is 1.42 bits per heavy atom. The quantitative estimate of drug-likeness (QED) is 0.400. The van der Waals surface area contributed by atoms with E-state index in [0.29, 0.717) is 0 Å². The molecule has 6 heteroatoms. The zero-order valence-corrected chi connectivity index (χ0v) is 18.6. The second kappa shape index (κ2) is 6.24. The van der Waals surface area contributed by atoms with Crippen molar-refractivity contribution in [3.63, 3.8) is 0 Å². The first-order valence-corrected chi connectivity index (χ1v) is 22.9. The van der Waals surface area contributed by atoms with E-state index in [0.717, 1.165) is 25.4 Å². The van der Waals surface area contributed by atoms with Crippen molar-refractivity contribution in [3.05, 3.63) is 60.7 Å². The molecule has 1 aliphatic rings. The molecule has 0 radical (unpaired) electrons. The Morgan fingerprint density at radius 1 is 0.684 bits per heavy atom. The summed E-state index contributed by atoms with van der Waals surface area (Å²) in [5, 5.41) is 3.20. The van der Waals surface area contributed by atoms with Crippen LogP contribution in [-0.4, -0.2) is 61.5 Å². The van der Waals surface area contributed by atoms with Gasteiger partial charge in [0.15, 0.2) is 0 Å². The average Bonchev–Trinajstić information content (AvgIpc) is 2.80. The van der Waals surface area contributed by atoms with E-state index in [4.69, 9.17) is 0 Å². The van der Waals surface area contributed by atoms with Gasteiger partial charge in [-0.05, 0) is 0 Å². The summed E-state index contributed by atoms with van der Waals surface area (Å²) < 4.78 is -1.95. The van der Waals surface area contributed by atoms with Gasteiger partial charge < -0.3 is 0 Å². The van der Waals surface area contributed by atoms with Crippen molar-refractivity contribution in [1.29, 1.82) is 0 Å². The predicted octanol–water partition coefficient (Wildman–Crippen LogP) is 1.96. The van der Waals surface area contributed by atoms with Crippen LogP contribution in [0.25, 0.3) is 0 Å². The van der Waals surface area contributed by atoms with Gasteiger partial charge in [0.2, 0.25) is 0 Å². The molecule has 0 aromatic heterocycles. The van der Waals surface area contributed by atoms with E-state index < -0.39 is 8.40 Å². The summed E-state index contributed by atoms with van der Waals surface area (Å²) >= 11 is 8.92. The third-order valence-corrected chi connectivity index (χ3v) is 70.1. The fourth-order valence-electron chi connectivity index (χ4n) is 1.96. The summed E-state index contributed by atoms with van der Waals surface area (Å²) in [6.45, 7) is 0. The fourth-order valence-corrected chi connectivity index (χ4v) is 108. The Hall–Kier alpha value is 1.38. The van der Waals surface area contributed by atoms with Gasteiger partial charge in [-0.2, -0.15) is 0 Å². The third-order valence-electron chi connectivity index (χ3n) is 2.95. The van der Waals surface area contributed by atoms with Crippen molar-refractivity contribution in [2.24, 2.45) is 0 Å². The molecule has 3 rings (SSSR count). The topological polar surface area (TPSA) is 0 Å². The number of hydrogen-bond donors (Lipinski definition) is 0. The fraction of sp³-hybridized carbons (Fsp3) is 0.0769. The summed E-state index contributed by atoms with van der Waals surface area (Å²) in [6.07, 6.45) is 0. The van der Waals surface area contributed by atoms with Gasteiger partial charge in [0.05, 0.1) is 0 Å². The Bertz CT molecular complexity index is 610. The van der Waals surface area contributed by atoms with E-state index in [2.05, 4.69) is 90.9 Å². The standard InChI is InChI=1S/C13H12P2Se4/c16-14(12-7-3-1-4-8-12)11-15(17,19-18-14)13-9-5-2-6-10-13/h1-10H,11H2/t14-,15-/m0/s1. The molecule has 2 atom stereocenters. The molecule has 1 fully saturated rings. The van der Waals surface area contributed by atoms with E-state index in [9.17, 15) is 0 Å². The van der Waals surface area contributed by atoms with Gasteiger partial charge in [0.25, 0.3) is 0 Å². The number of rotatable bonds is 2. The van der Waals surface area contributed by atoms with E-state index in [1.54, 1.807) is 10.6 Å². The van der Waals surface area contributed by atoms with Crippen LogP contribution in [0.2, 0.25) is 0 Å². The molecule has 0 bridgehead atoms. The van der Waals surface area contributed by atoms with Gasteiger partial charge in [-0.3, -0.25) is 0 Å². The van der Waals surface area contributed by atoms with Crippen LogP contribution >= 0.6 is 8.40 Å². The number of benzene rings is 2. The Labute approximate surface area is 140 Å². The van der Waals surface area contributed by atoms with Gasteiger partial charge in [-0.25, -0.2) is 0 Å². The molecule has 19 heavy (non-hydrogen) atoms. The molecular weight excluding hydrogens is 534 g/mol. The minimum atomic E-state index is -0.976. The van der Waals surface area contributed by atoms with Gasteiger partial charge in [-0.1, -0.05) is 0 Å². The number of hydrogen-bond acceptors (Lipinski definition) is 0. The van der Waals surface area contributed by atoms with Gasteiger partial charge in [0, 0.05) is 0 Å². The Morgan fingerprint density at radius 2 is 1.05 bits per heavy atom. The van der Waals surface area contributed by atoms with Crippen LogP contribution in [-0.2, 0) is 0 Å². The summed E-state index contributed by atoms with van der Waals surface area (Å²) in [6, 6.07) is 22.4. The second-order valence-electron chi connectivity index (χ2n) is 4.31. The molecule has 2 aromatic rings. The summed E-state index contributed by atoms with van der Waals surface area (Å²) in [5.74, 6) is 1.41. The van der Waals surface area contributed by atoms with Crippen LogP contribution < -0.4 is 10.6 Å². The molecule has 0 amide bonds. The molecular formula is C13H12P2Se4. The molecule has 0 saturated carbocycles. The Balaban J connectivity index is 1.97. The first-order chi connectivity index (χ1) is 9.12. The zero-order chi connectivity index (χ0) is 13.3. The monoisotopic (exact) mass is 550 g/mol. The average molecular weight is 546 g/mol. The van der Waals surface area contributed by atoms with Crippen molar-refractivity contribution in [2.75, 3.05) is 5.90 Å². The van der Waals surface area contributed by atoms with E-state index >= 15 is 0 Å². The summed E-state index contributed by atoms with van der Waals surface area (Å²) in [4.78, 5) is 0. The van der Waals surface area contributed by atoms with Crippen molar-refractivity contribution < 1.29 is 0 Å². The molecule has 0 unspecified atom stereocenters. The molecule has 1 heterocycles. The maximum atomic E-state index is 3.66. The maximum absolute atomic E-state index is 3.66. The van der Waals surface area contributed by atoms with Crippen LogP contribution in [0.1, 0.15) is 0 Å². The van der Waals surface area contributed by atoms with Crippen LogP contribution in [0.3, 0.4) is 0 Å². The molecule has 2 aromatic carbocycles. The van der Waals surface area contributed by atoms with E-state index in [1.165, 1.54) is 5.90 Å². The molecule has 1 aliphatic heterocycles.